The average Bonchev–Trinajstić information content (AvgIpc) is 3.29. The molecule has 2 aliphatic rings. The van der Waals surface area contributed by atoms with Crippen molar-refractivity contribution in [3.8, 4) is 11.5 Å². The number of carbonyl (C=O) groups excluding carboxylic acids is 1. The number of hydrogen-bond acceptors (Lipinski definition) is 7. The second-order valence-electron chi connectivity index (χ2n) is 8.99. The van der Waals surface area contributed by atoms with Gasteiger partial charge in [-0.3, -0.25) is 4.79 Å². The molecule has 9 nitrogen and oxygen atoms in total. The first-order valence-corrected chi connectivity index (χ1v) is 13.5. The van der Waals surface area contributed by atoms with Crippen LogP contribution in [-0.4, -0.2) is 50.1 Å². The van der Waals surface area contributed by atoms with Crippen LogP contribution in [0.3, 0.4) is 0 Å². The minimum Gasteiger partial charge on any atom is -0.486 e. The summed E-state index contributed by atoms with van der Waals surface area (Å²) >= 11 is 0. The van der Waals surface area contributed by atoms with Crippen LogP contribution >= 0.6 is 0 Å². The first-order valence-electron chi connectivity index (χ1n) is 12.0. The first-order chi connectivity index (χ1) is 18.2. The molecule has 1 saturated heterocycles. The molecular formula is C26H25F2N3O6S. The van der Waals surface area contributed by atoms with Gasteiger partial charge >= 0.3 is 0 Å². The van der Waals surface area contributed by atoms with Crippen molar-refractivity contribution in [1.29, 1.82) is 0 Å². The summed E-state index contributed by atoms with van der Waals surface area (Å²) < 4.78 is 71.6. The second kappa shape index (κ2) is 10.5. The number of sulfonamides is 1. The number of nitrogens with one attached hydrogen (secondary N) is 1. The maximum Gasteiger partial charge on any atom is 0.248 e. The van der Waals surface area contributed by atoms with Crippen LogP contribution in [0.5, 0.6) is 11.5 Å². The lowest BCUT2D eigenvalue weighted by molar-refractivity contribution is -0.120. The summed E-state index contributed by atoms with van der Waals surface area (Å²) in [6.45, 7) is 2.66. The number of hydrogen-bond donors (Lipinski definition) is 1. The number of aryl methyl sites for hydroxylation is 1. The molecule has 5 rings (SSSR count). The molecular weight excluding hydrogens is 520 g/mol. The van der Waals surface area contributed by atoms with Crippen LogP contribution in [0.25, 0.3) is 12.2 Å². The molecule has 0 saturated carbocycles. The molecule has 1 fully saturated rings. The Morgan fingerprint density at radius 1 is 1.05 bits per heavy atom. The van der Waals surface area contributed by atoms with Crippen molar-refractivity contribution < 1.29 is 36.0 Å². The van der Waals surface area contributed by atoms with Crippen molar-refractivity contribution in [2.45, 2.75) is 24.7 Å². The Morgan fingerprint density at radius 3 is 2.53 bits per heavy atom. The van der Waals surface area contributed by atoms with Crippen molar-refractivity contribution in [3.05, 3.63) is 65.1 Å². The van der Waals surface area contributed by atoms with E-state index in [-0.39, 0.29) is 46.8 Å². The number of fused-ring (bicyclic) bond motifs is 1. The van der Waals surface area contributed by atoms with Crippen molar-refractivity contribution in [2.24, 2.45) is 5.92 Å². The maximum atomic E-state index is 14.0. The van der Waals surface area contributed by atoms with Gasteiger partial charge in [0.2, 0.25) is 15.9 Å². The Hall–Kier alpha value is -3.77. The zero-order chi connectivity index (χ0) is 26.9. The third-order valence-electron chi connectivity index (χ3n) is 6.44. The zero-order valence-electron chi connectivity index (χ0n) is 20.4. The highest BCUT2D eigenvalue weighted by Gasteiger charge is 2.36. The molecule has 2 aromatic carbocycles. The van der Waals surface area contributed by atoms with Gasteiger partial charge < -0.3 is 19.3 Å². The predicted octanol–water partition coefficient (Wildman–Crippen LogP) is 4.24. The molecule has 0 atom stereocenters. The Balaban J connectivity index is 1.25. The molecule has 12 heteroatoms. The number of nitrogens with zero attached hydrogens (tertiary/aromatic N) is 2. The lowest BCUT2D eigenvalue weighted by atomic mass is 9.97. The summed E-state index contributed by atoms with van der Waals surface area (Å²) in [5, 5.41) is 6.65. The topological polar surface area (TPSA) is 111 Å². The van der Waals surface area contributed by atoms with E-state index in [0.717, 1.165) is 12.1 Å². The van der Waals surface area contributed by atoms with Crippen LogP contribution in [0.2, 0.25) is 0 Å². The van der Waals surface area contributed by atoms with Gasteiger partial charge in [-0.05, 0) is 56.2 Å². The molecule has 0 spiro atoms. The molecule has 1 amide bonds. The van der Waals surface area contributed by atoms with Gasteiger partial charge in [0.25, 0.3) is 0 Å². The number of ether oxygens (including phenoxy) is 2. The normalized spacial score (nSPS) is 16.6. The molecule has 3 heterocycles. The standard InChI is InChI=1S/C26H25F2N3O6S/c1-16-25(23(37-30-16)6-3-17-2-4-19(27)14-21(17)28)38(33,34)31-10-8-18(9-11-31)26(32)29-20-5-7-22-24(15-20)36-13-12-35-22/h2-7,14-15,18H,8-13H2,1H3,(H,29,32). The Labute approximate surface area is 218 Å². The highest BCUT2D eigenvalue weighted by atomic mass is 32.2. The second-order valence-corrected chi connectivity index (χ2v) is 10.9. The fourth-order valence-corrected chi connectivity index (χ4v) is 6.17. The van der Waals surface area contributed by atoms with E-state index in [1.54, 1.807) is 18.2 Å². The SMILES string of the molecule is Cc1noc(C=Cc2ccc(F)cc2F)c1S(=O)(=O)N1CCC(C(=O)Nc2ccc3c(c2)OCCO3)CC1. The summed E-state index contributed by atoms with van der Waals surface area (Å²) in [7, 11) is -4.01. The Morgan fingerprint density at radius 2 is 1.79 bits per heavy atom. The Kier molecular flexibility index (Phi) is 7.17. The summed E-state index contributed by atoms with van der Waals surface area (Å²) in [5.74, 6) is -0.978. The molecule has 0 radical (unpaired) electrons. The lowest BCUT2D eigenvalue weighted by Gasteiger charge is -2.30. The lowest BCUT2D eigenvalue weighted by Crippen LogP contribution is -2.41. The monoisotopic (exact) mass is 545 g/mol. The summed E-state index contributed by atoms with van der Waals surface area (Å²) in [5.41, 5.74) is 0.791. The van der Waals surface area contributed by atoms with Gasteiger partial charge in [0, 0.05) is 42.4 Å². The zero-order valence-corrected chi connectivity index (χ0v) is 21.3. The molecule has 0 aliphatic carbocycles. The van der Waals surface area contributed by atoms with Gasteiger partial charge in [0.1, 0.15) is 30.5 Å². The molecule has 3 aromatic rings. The number of amides is 1. The van der Waals surface area contributed by atoms with E-state index in [9.17, 15) is 22.0 Å². The third kappa shape index (κ3) is 5.27. The van der Waals surface area contributed by atoms with E-state index in [1.807, 2.05) is 0 Å². The largest absolute Gasteiger partial charge is 0.486 e. The summed E-state index contributed by atoms with van der Waals surface area (Å²) in [4.78, 5) is 12.7. The van der Waals surface area contributed by atoms with Crippen LogP contribution < -0.4 is 14.8 Å². The van der Waals surface area contributed by atoms with Crippen LogP contribution in [0, 0.1) is 24.5 Å². The van der Waals surface area contributed by atoms with E-state index >= 15 is 0 Å². The van der Waals surface area contributed by atoms with E-state index in [1.165, 1.54) is 29.4 Å². The van der Waals surface area contributed by atoms with E-state index < -0.39 is 21.7 Å². The highest BCUT2D eigenvalue weighted by molar-refractivity contribution is 7.89. The Bertz CT molecular complexity index is 1500. The molecule has 1 N–H and O–H groups in total. The molecule has 0 bridgehead atoms. The quantitative estimate of drug-likeness (QED) is 0.493. The molecule has 0 unspecified atom stereocenters. The highest BCUT2D eigenvalue weighted by Crippen LogP contribution is 2.34. The van der Waals surface area contributed by atoms with E-state index in [0.29, 0.717) is 43.2 Å². The minimum atomic E-state index is -4.01. The smallest absolute Gasteiger partial charge is 0.248 e. The summed E-state index contributed by atoms with van der Waals surface area (Å²) in [6.07, 6.45) is 3.23. The fraction of sp³-hybridized carbons (Fsp3) is 0.308. The molecule has 38 heavy (non-hydrogen) atoms. The first kappa shape index (κ1) is 25.9. The summed E-state index contributed by atoms with van der Waals surface area (Å²) in [6, 6.07) is 8.23. The number of aromatic nitrogens is 1. The third-order valence-corrected chi connectivity index (χ3v) is 8.50. The van der Waals surface area contributed by atoms with Crippen molar-refractivity contribution in [2.75, 3.05) is 31.6 Å². The molecule has 1 aromatic heterocycles. The molecule has 2 aliphatic heterocycles. The van der Waals surface area contributed by atoms with E-state index in [2.05, 4.69) is 10.5 Å². The van der Waals surface area contributed by atoms with Gasteiger partial charge in [-0.15, -0.1) is 0 Å². The van der Waals surface area contributed by atoms with Gasteiger partial charge in [-0.2, -0.15) is 4.31 Å². The minimum absolute atomic E-state index is 0.0636. The van der Waals surface area contributed by atoms with Crippen molar-refractivity contribution in [3.63, 3.8) is 0 Å². The number of halogens is 2. The predicted molar refractivity (Wildman–Crippen MR) is 134 cm³/mol. The van der Waals surface area contributed by atoms with Crippen LogP contribution in [0.15, 0.2) is 45.8 Å². The average molecular weight is 546 g/mol. The van der Waals surface area contributed by atoms with Gasteiger partial charge in [0.05, 0.1) is 0 Å². The van der Waals surface area contributed by atoms with Gasteiger partial charge in [-0.25, -0.2) is 17.2 Å². The fourth-order valence-electron chi connectivity index (χ4n) is 4.45. The van der Waals surface area contributed by atoms with Crippen molar-refractivity contribution in [1.82, 2.24) is 9.46 Å². The number of benzene rings is 2. The number of carbonyl (C=O) groups is 1. The number of rotatable bonds is 6. The maximum absolute atomic E-state index is 14.0. The van der Waals surface area contributed by atoms with Crippen LogP contribution in [-0.2, 0) is 14.8 Å². The van der Waals surface area contributed by atoms with E-state index in [4.69, 9.17) is 14.0 Å². The van der Waals surface area contributed by atoms with Gasteiger partial charge in [0.15, 0.2) is 22.2 Å². The van der Waals surface area contributed by atoms with Crippen LogP contribution in [0.1, 0.15) is 29.9 Å². The van der Waals surface area contributed by atoms with Crippen LogP contribution in [0.4, 0.5) is 14.5 Å². The molecule has 200 valence electrons. The van der Waals surface area contributed by atoms with Gasteiger partial charge in [-0.1, -0.05) is 5.16 Å². The number of piperidine rings is 1. The number of anilines is 1. The van der Waals surface area contributed by atoms with Crippen molar-refractivity contribution >= 4 is 33.8 Å².